The number of aliphatic carboxylic acids is 1. The van der Waals surface area contributed by atoms with Crippen LogP contribution in [0.4, 0.5) is 0 Å². The highest BCUT2D eigenvalue weighted by molar-refractivity contribution is 5.94. The van der Waals surface area contributed by atoms with E-state index in [0.717, 1.165) is 16.5 Å². The Morgan fingerprint density at radius 1 is 1.19 bits per heavy atom. The van der Waals surface area contributed by atoms with Gasteiger partial charge in [0.2, 0.25) is 23.6 Å². The maximum absolute atomic E-state index is 13.1. The number of carbonyl (C=O) groups is 5. The van der Waals surface area contributed by atoms with E-state index in [0.29, 0.717) is 25.8 Å². The summed E-state index contributed by atoms with van der Waals surface area (Å²) in [7, 11) is 0. The molecule has 0 bridgehead atoms. The first-order valence-electron chi connectivity index (χ1n) is 11.8. The van der Waals surface area contributed by atoms with Gasteiger partial charge in [-0.2, -0.15) is 0 Å². The van der Waals surface area contributed by atoms with Crippen LogP contribution in [0, 0.1) is 0 Å². The van der Waals surface area contributed by atoms with E-state index in [1.165, 1.54) is 11.8 Å². The van der Waals surface area contributed by atoms with E-state index in [-0.39, 0.29) is 18.7 Å². The maximum atomic E-state index is 13.1. The van der Waals surface area contributed by atoms with Crippen LogP contribution < -0.4 is 22.1 Å². The van der Waals surface area contributed by atoms with Crippen LogP contribution in [0.5, 0.6) is 0 Å². The van der Waals surface area contributed by atoms with Crippen molar-refractivity contribution >= 4 is 40.5 Å². The quantitative estimate of drug-likeness (QED) is 0.236. The maximum Gasteiger partial charge on any atom is 0.326 e. The third-order valence-electron chi connectivity index (χ3n) is 6.32. The Hall–Kier alpha value is -3.93. The molecule has 4 amide bonds. The van der Waals surface area contributed by atoms with Gasteiger partial charge >= 0.3 is 5.97 Å². The molecule has 194 valence electrons. The lowest BCUT2D eigenvalue weighted by Crippen LogP contribution is -2.56. The number of para-hydroxylation sites is 1. The standard InChI is InChI=1S/C24H32N6O6/c1-13(21(32)29-18(24(35)36)8-9-20(26)31)28-22(33)19-7-4-10-30(19)23(34)16(25)11-14-12-27-17-6-3-2-5-15(14)17/h2-3,5-6,12-13,16,18-19,27H,4,7-11,25H2,1H3,(H2,26,31)(H,28,33)(H,29,32)(H,35,36). The number of nitrogens with two attached hydrogens (primary N) is 2. The van der Waals surface area contributed by atoms with Crippen LogP contribution in [-0.4, -0.2) is 75.3 Å². The number of nitrogens with zero attached hydrogens (tertiary/aromatic N) is 1. The number of nitrogens with one attached hydrogen (secondary N) is 3. The SMILES string of the molecule is CC(NC(=O)C1CCCN1C(=O)C(N)Cc1c[nH]c2ccccc12)C(=O)NC(CCC(N)=O)C(=O)O. The molecule has 0 spiro atoms. The molecule has 12 heteroatoms. The van der Waals surface area contributed by atoms with Crippen molar-refractivity contribution in [2.75, 3.05) is 6.54 Å². The Labute approximate surface area is 207 Å². The van der Waals surface area contributed by atoms with Crippen molar-refractivity contribution in [3.8, 4) is 0 Å². The van der Waals surface area contributed by atoms with Crippen LogP contribution in [0.1, 0.15) is 38.2 Å². The average molecular weight is 501 g/mol. The summed E-state index contributed by atoms with van der Waals surface area (Å²) < 4.78 is 0. The first-order chi connectivity index (χ1) is 17.1. The van der Waals surface area contributed by atoms with Crippen LogP contribution >= 0.6 is 0 Å². The summed E-state index contributed by atoms with van der Waals surface area (Å²) in [5.41, 5.74) is 13.1. The summed E-state index contributed by atoms with van der Waals surface area (Å²) >= 11 is 0. The van der Waals surface area contributed by atoms with Gasteiger partial charge in [-0.05, 0) is 44.2 Å². The minimum absolute atomic E-state index is 0.170. The molecule has 4 atom stereocenters. The molecule has 0 saturated carbocycles. The van der Waals surface area contributed by atoms with Gasteiger partial charge in [0.25, 0.3) is 0 Å². The molecule has 1 aromatic carbocycles. The fourth-order valence-electron chi connectivity index (χ4n) is 4.36. The number of hydrogen-bond donors (Lipinski definition) is 6. The van der Waals surface area contributed by atoms with Crippen LogP contribution in [0.2, 0.25) is 0 Å². The number of aromatic nitrogens is 1. The summed E-state index contributed by atoms with van der Waals surface area (Å²) in [5, 5.41) is 15.1. The van der Waals surface area contributed by atoms with Gasteiger partial charge < -0.3 is 37.1 Å². The van der Waals surface area contributed by atoms with E-state index < -0.39 is 47.9 Å². The number of fused-ring (bicyclic) bond motifs is 1. The molecular weight excluding hydrogens is 468 g/mol. The molecule has 1 fully saturated rings. The largest absolute Gasteiger partial charge is 0.480 e. The predicted octanol–water partition coefficient (Wildman–Crippen LogP) is -0.632. The first-order valence-corrected chi connectivity index (χ1v) is 11.8. The summed E-state index contributed by atoms with van der Waals surface area (Å²) in [6.45, 7) is 1.78. The second kappa shape index (κ2) is 11.7. The second-order valence-corrected chi connectivity index (χ2v) is 8.99. The number of rotatable bonds is 11. The zero-order valence-corrected chi connectivity index (χ0v) is 20.0. The lowest BCUT2D eigenvalue weighted by atomic mass is 10.0. The number of carboxylic acids is 1. The molecule has 2 heterocycles. The second-order valence-electron chi connectivity index (χ2n) is 8.99. The van der Waals surface area contributed by atoms with Crippen molar-refractivity contribution in [1.29, 1.82) is 0 Å². The molecular formula is C24H32N6O6. The van der Waals surface area contributed by atoms with Gasteiger partial charge in [0.1, 0.15) is 18.1 Å². The molecule has 1 saturated heterocycles. The molecule has 0 aliphatic carbocycles. The Morgan fingerprint density at radius 2 is 1.92 bits per heavy atom. The van der Waals surface area contributed by atoms with Crippen LogP contribution in [0.25, 0.3) is 10.9 Å². The lowest BCUT2D eigenvalue weighted by Gasteiger charge is -2.28. The Kier molecular flexibility index (Phi) is 8.64. The number of carbonyl (C=O) groups excluding carboxylic acids is 4. The Balaban J connectivity index is 1.58. The molecule has 12 nitrogen and oxygen atoms in total. The molecule has 8 N–H and O–H groups in total. The number of aromatic amines is 1. The monoisotopic (exact) mass is 500 g/mol. The van der Waals surface area contributed by atoms with Gasteiger partial charge in [0.15, 0.2) is 0 Å². The van der Waals surface area contributed by atoms with Crippen molar-refractivity contribution in [2.24, 2.45) is 11.5 Å². The third-order valence-corrected chi connectivity index (χ3v) is 6.32. The number of carboxylic acid groups (broad SMARTS) is 1. The third kappa shape index (κ3) is 6.39. The molecule has 3 rings (SSSR count). The molecule has 36 heavy (non-hydrogen) atoms. The highest BCUT2D eigenvalue weighted by Crippen LogP contribution is 2.22. The van der Waals surface area contributed by atoms with E-state index in [1.807, 2.05) is 30.5 Å². The highest BCUT2D eigenvalue weighted by atomic mass is 16.4. The predicted molar refractivity (Wildman–Crippen MR) is 130 cm³/mol. The van der Waals surface area contributed by atoms with Crippen molar-refractivity contribution < 1.29 is 29.1 Å². The zero-order chi connectivity index (χ0) is 26.4. The number of hydrogen-bond acceptors (Lipinski definition) is 6. The topological polar surface area (TPSA) is 201 Å². The van der Waals surface area contributed by atoms with E-state index in [2.05, 4.69) is 15.6 Å². The average Bonchev–Trinajstić information content (AvgIpc) is 3.48. The van der Waals surface area contributed by atoms with Gasteiger partial charge in [0, 0.05) is 30.1 Å². The summed E-state index contributed by atoms with van der Waals surface area (Å²) in [6, 6.07) is 3.67. The lowest BCUT2D eigenvalue weighted by molar-refractivity contribution is -0.143. The number of H-pyrrole nitrogens is 1. The van der Waals surface area contributed by atoms with Gasteiger partial charge in [0.05, 0.1) is 6.04 Å². The summed E-state index contributed by atoms with van der Waals surface area (Å²) in [5.74, 6) is -3.61. The fourth-order valence-corrected chi connectivity index (χ4v) is 4.36. The first kappa shape index (κ1) is 26.7. The molecule has 0 radical (unpaired) electrons. The number of amides is 4. The van der Waals surface area contributed by atoms with E-state index in [9.17, 15) is 29.1 Å². The van der Waals surface area contributed by atoms with Gasteiger partial charge in [-0.3, -0.25) is 19.2 Å². The normalized spacial score (nSPS) is 17.8. The molecule has 1 aromatic heterocycles. The van der Waals surface area contributed by atoms with E-state index in [1.54, 1.807) is 0 Å². The number of benzene rings is 1. The van der Waals surface area contributed by atoms with Crippen LogP contribution in [0.3, 0.4) is 0 Å². The van der Waals surface area contributed by atoms with Gasteiger partial charge in [-0.25, -0.2) is 4.79 Å². The van der Waals surface area contributed by atoms with Crippen LogP contribution in [-0.2, 0) is 30.4 Å². The Bertz CT molecular complexity index is 1150. The fraction of sp³-hybridized carbons (Fsp3) is 0.458. The summed E-state index contributed by atoms with van der Waals surface area (Å²) in [4.78, 5) is 65.4. The Morgan fingerprint density at radius 3 is 2.61 bits per heavy atom. The van der Waals surface area contributed by atoms with Crippen molar-refractivity contribution in [3.63, 3.8) is 0 Å². The van der Waals surface area contributed by atoms with E-state index >= 15 is 0 Å². The van der Waals surface area contributed by atoms with Crippen molar-refractivity contribution in [2.45, 2.75) is 63.2 Å². The smallest absolute Gasteiger partial charge is 0.326 e. The molecule has 2 aromatic rings. The molecule has 4 unspecified atom stereocenters. The minimum atomic E-state index is -1.32. The highest BCUT2D eigenvalue weighted by Gasteiger charge is 2.37. The van der Waals surface area contributed by atoms with Crippen molar-refractivity contribution in [3.05, 3.63) is 36.0 Å². The van der Waals surface area contributed by atoms with Gasteiger partial charge in [-0.1, -0.05) is 18.2 Å². The number of primary amides is 1. The summed E-state index contributed by atoms with van der Waals surface area (Å²) in [6.07, 6.45) is 2.77. The minimum Gasteiger partial charge on any atom is -0.480 e. The van der Waals surface area contributed by atoms with E-state index in [4.69, 9.17) is 11.5 Å². The van der Waals surface area contributed by atoms with Gasteiger partial charge in [-0.15, -0.1) is 0 Å². The van der Waals surface area contributed by atoms with Crippen molar-refractivity contribution in [1.82, 2.24) is 20.5 Å². The number of likely N-dealkylation sites (tertiary alicyclic amines) is 1. The molecule has 1 aliphatic heterocycles. The molecule has 1 aliphatic rings. The zero-order valence-electron chi connectivity index (χ0n) is 20.0. The van der Waals surface area contributed by atoms with Crippen LogP contribution in [0.15, 0.2) is 30.5 Å².